The van der Waals surface area contributed by atoms with Crippen LogP contribution in [0.4, 0.5) is 0 Å². The lowest BCUT2D eigenvalue weighted by Crippen LogP contribution is -2.35. The Morgan fingerprint density at radius 1 is 1.10 bits per heavy atom. The standard InChI is InChI=1S/C22H25N5O2/c28-22(17-3-5-19-16(14-17)2-1-10-23-19)24-18-4-6-20-25-26-21(27(20)11-7-18)15-8-12-29-13-9-15/h1-3,5,10,14-15,18H,4,6-9,11-13H2,(H,24,28). The number of nitrogens with zero attached hydrogens (tertiary/aromatic N) is 4. The molecule has 1 fully saturated rings. The van der Waals surface area contributed by atoms with Gasteiger partial charge in [0.25, 0.3) is 5.91 Å². The van der Waals surface area contributed by atoms with Crippen molar-refractivity contribution in [3.63, 3.8) is 0 Å². The third kappa shape index (κ3) is 3.74. The van der Waals surface area contributed by atoms with E-state index in [9.17, 15) is 4.79 Å². The van der Waals surface area contributed by atoms with Crippen molar-refractivity contribution in [2.24, 2.45) is 0 Å². The fraction of sp³-hybridized carbons (Fsp3) is 0.455. The van der Waals surface area contributed by atoms with Crippen molar-refractivity contribution in [3.05, 3.63) is 53.7 Å². The first kappa shape index (κ1) is 18.2. The van der Waals surface area contributed by atoms with Gasteiger partial charge in [0.15, 0.2) is 0 Å². The summed E-state index contributed by atoms with van der Waals surface area (Å²) in [7, 11) is 0. The highest BCUT2D eigenvalue weighted by molar-refractivity contribution is 5.98. The molecular weight excluding hydrogens is 366 g/mol. The molecule has 5 rings (SSSR count). The van der Waals surface area contributed by atoms with Gasteiger partial charge in [0.2, 0.25) is 0 Å². The first-order chi connectivity index (χ1) is 14.3. The van der Waals surface area contributed by atoms with Gasteiger partial charge in [0.1, 0.15) is 11.6 Å². The minimum absolute atomic E-state index is 0.0249. The van der Waals surface area contributed by atoms with Crippen LogP contribution in [0.25, 0.3) is 10.9 Å². The number of pyridine rings is 1. The lowest BCUT2D eigenvalue weighted by atomic mass is 9.99. The van der Waals surface area contributed by atoms with Gasteiger partial charge in [-0.15, -0.1) is 10.2 Å². The summed E-state index contributed by atoms with van der Waals surface area (Å²) in [5.41, 5.74) is 1.58. The summed E-state index contributed by atoms with van der Waals surface area (Å²) in [5, 5.41) is 13.1. The maximum absolute atomic E-state index is 12.8. The molecule has 0 saturated carbocycles. The van der Waals surface area contributed by atoms with Crippen LogP contribution < -0.4 is 5.32 Å². The highest BCUT2D eigenvalue weighted by atomic mass is 16.5. The fourth-order valence-corrected chi connectivity index (χ4v) is 4.40. The molecule has 4 heterocycles. The van der Waals surface area contributed by atoms with E-state index < -0.39 is 0 Å². The quantitative estimate of drug-likeness (QED) is 0.742. The van der Waals surface area contributed by atoms with Crippen molar-refractivity contribution in [1.29, 1.82) is 0 Å². The third-order valence-electron chi connectivity index (χ3n) is 6.06. The van der Waals surface area contributed by atoms with Crippen LogP contribution in [0.1, 0.15) is 53.6 Å². The topological polar surface area (TPSA) is 81.9 Å². The van der Waals surface area contributed by atoms with Gasteiger partial charge in [-0.3, -0.25) is 9.78 Å². The van der Waals surface area contributed by atoms with E-state index in [1.165, 1.54) is 0 Å². The second-order valence-electron chi connectivity index (χ2n) is 7.92. The predicted octanol–water partition coefficient (Wildman–Crippen LogP) is 2.86. The number of benzene rings is 1. The SMILES string of the molecule is O=C(NC1CCc2nnc(C3CCOCC3)n2CC1)c1ccc2ncccc2c1. The Kier molecular flexibility index (Phi) is 4.97. The Hall–Kier alpha value is -2.80. The smallest absolute Gasteiger partial charge is 0.251 e. The van der Waals surface area contributed by atoms with Crippen LogP contribution in [-0.4, -0.2) is 44.9 Å². The van der Waals surface area contributed by atoms with E-state index in [0.717, 1.165) is 74.4 Å². The average molecular weight is 391 g/mol. The van der Waals surface area contributed by atoms with E-state index >= 15 is 0 Å². The number of ether oxygens (including phenoxy) is 1. The predicted molar refractivity (Wildman–Crippen MR) is 109 cm³/mol. The highest BCUT2D eigenvalue weighted by Crippen LogP contribution is 2.28. The van der Waals surface area contributed by atoms with Crippen molar-refractivity contribution in [1.82, 2.24) is 25.1 Å². The van der Waals surface area contributed by atoms with Crippen LogP contribution in [0.3, 0.4) is 0 Å². The molecule has 1 atom stereocenters. The number of aryl methyl sites for hydroxylation is 1. The van der Waals surface area contributed by atoms with E-state index in [4.69, 9.17) is 4.74 Å². The molecule has 2 aliphatic heterocycles. The van der Waals surface area contributed by atoms with Gasteiger partial charge >= 0.3 is 0 Å². The van der Waals surface area contributed by atoms with Crippen LogP contribution in [0, 0.1) is 0 Å². The number of carbonyl (C=O) groups excluding carboxylic acids is 1. The molecule has 0 spiro atoms. The molecule has 1 amide bonds. The lowest BCUT2D eigenvalue weighted by molar-refractivity contribution is 0.0826. The van der Waals surface area contributed by atoms with Crippen molar-refractivity contribution in [3.8, 4) is 0 Å². The molecule has 29 heavy (non-hydrogen) atoms. The summed E-state index contributed by atoms with van der Waals surface area (Å²) in [5.74, 6) is 2.54. The van der Waals surface area contributed by atoms with Crippen LogP contribution >= 0.6 is 0 Å². The summed E-state index contributed by atoms with van der Waals surface area (Å²) in [6, 6.07) is 9.66. The summed E-state index contributed by atoms with van der Waals surface area (Å²) >= 11 is 0. The number of amides is 1. The Labute approximate surface area is 169 Å². The van der Waals surface area contributed by atoms with Crippen molar-refractivity contribution in [2.75, 3.05) is 13.2 Å². The highest BCUT2D eigenvalue weighted by Gasteiger charge is 2.26. The van der Waals surface area contributed by atoms with E-state index in [2.05, 4.69) is 25.1 Å². The number of hydrogen-bond donors (Lipinski definition) is 1. The number of carbonyl (C=O) groups is 1. The minimum Gasteiger partial charge on any atom is -0.381 e. The summed E-state index contributed by atoms with van der Waals surface area (Å²) < 4.78 is 7.77. The number of fused-ring (bicyclic) bond motifs is 2. The second kappa shape index (κ2) is 7.91. The van der Waals surface area contributed by atoms with Gasteiger partial charge < -0.3 is 14.6 Å². The molecular formula is C22H25N5O2. The first-order valence-electron chi connectivity index (χ1n) is 10.4. The molecule has 2 aliphatic rings. The van der Waals surface area contributed by atoms with E-state index in [0.29, 0.717) is 11.5 Å². The van der Waals surface area contributed by atoms with Gasteiger partial charge in [0.05, 0.1) is 5.52 Å². The zero-order chi connectivity index (χ0) is 19.6. The largest absolute Gasteiger partial charge is 0.381 e. The number of hydrogen-bond acceptors (Lipinski definition) is 5. The van der Waals surface area contributed by atoms with Crippen LogP contribution in [0.15, 0.2) is 36.5 Å². The molecule has 3 aromatic rings. The zero-order valence-corrected chi connectivity index (χ0v) is 16.4. The Morgan fingerprint density at radius 2 is 2.00 bits per heavy atom. The van der Waals surface area contributed by atoms with E-state index in [1.54, 1.807) is 6.20 Å². The molecule has 150 valence electrons. The number of aromatic nitrogens is 4. The number of nitrogens with one attached hydrogen (secondary N) is 1. The maximum Gasteiger partial charge on any atom is 0.251 e. The van der Waals surface area contributed by atoms with E-state index in [1.807, 2.05) is 30.3 Å². The molecule has 2 aromatic heterocycles. The van der Waals surface area contributed by atoms with Gasteiger partial charge in [-0.2, -0.15) is 0 Å². The van der Waals surface area contributed by atoms with Gasteiger partial charge in [-0.05, 0) is 49.9 Å². The summed E-state index contributed by atoms with van der Waals surface area (Å²) in [6.45, 7) is 2.45. The Balaban J connectivity index is 1.27. The summed E-state index contributed by atoms with van der Waals surface area (Å²) in [6.07, 6.45) is 6.39. The monoisotopic (exact) mass is 391 g/mol. The van der Waals surface area contributed by atoms with Crippen molar-refractivity contribution in [2.45, 2.75) is 50.6 Å². The fourth-order valence-electron chi connectivity index (χ4n) is 4.40. The van der Waals surface area contributed by atoms with E-state index in [-0.39, 0.29) is 11.9 Å². The molecule has 1 unspecified atom stereocenters. The van der Waals surface area contributed by atoms with Gasteiger partial charge in [-0.25, -0.2) is 0 Å². The van der Waals surface area contributed by atoms with Gasteiger partial charge in [-0.1, -0.05) is 6.07 Å². The van der Waals surface area contributed by atoms with Crippen molar-refractivity contribution < 1.29 is 9.53 Å². The normalized spacial score (nSPS) is 20.2. The molecule has 0 radical (unpaired) electrons. The molecule has 0 bridgehead atoms. The maximum atomic E-state index is 12.8. The zero-order valence-electron chi connectivity index (χ0n) is 16.4. The summed E-state index contributed by atoms with van der Waals surface area (Å²) in [4.78, 5) is 17.1. The molecule has 7 heteroatoms. The minimum atomic E-state index is -0.0249. The van der Waals surface area contributed by atoms with Crippen LogP contribution in [0.5, 0.6) is 0 Å². The first-order valence-corrected chi connectivity index (χ1v) is 10.4. The Bertz CT molecular complexity index is 1020. The lowest BCUT2D eigenvalue weighted by Gasteiger charge is -2.22. The van der Waals surface area contributed by atoms with Crippen molar-refractivity contribution >= 4 is 16.8 Å². The average Bonchev–Trinajstić information content (AvgIpc) is 3.08. The van der Waals surface area contributed by atoms with Crippen LogP contribution in [0.2, 0.25) is 0 Å². The molecule has 1 N–H and O–H groups in total. The Morgan fingerprint density at radius 3 is 2.90 bits per heavy atom. The number of rotatable bonds is 3. The second-order valence-corrected chi connectivity index (χ2v) is 7.92. The third-order valence-corrected chi connectivity index (χ3v) is 6.06. The molecule has 1 aromatic carbocycles. The molecule has 1 saturated heterocycles. The van der Waals surface area contributed by atoms with Crippen LogP contribution in [-0.2, 0) is 17.7 Å². The van der Waals surface area contributed by atoms with Gasteiger partial charge in [0, 0.05) is 55.3 Å². The molecule has 7 nitrogen and oxygen atoms in total. The molecule has 0 aliphatic carbocycles.